The number of ether oxygens (including phenoxy) is 1. The first-order chi connectivity index (χ1) is 17.6. The van der Waals surface area contributed by atoms with Gasteiger partial charge in [0.1, 0.15) is 23.4 Å². The van der Waals surface area contributed by atoms with E-state index in [-0.39, 0.29) is 35.2 Å². The standard InChI is InChI=1S/C25H27F5N2O5Si/c1-38(2,3)23-18(26)11-15(12-19(23)27)31-24(36)22-17-5-4-16(37-13-25(28,29)30)10-14(17)8-9-32(22)20(33)6-7-21(34)35/h4-5,10-12,22H,6-9,13H2,1-3H3,(H,31,36)(H,34,35). The van der Waals surface area contributed by atoms with Crippen molar-refractivity contribution in [1.82, 2.24) is 4.90 Å². The van der Waals surface area contributed by atoms with Gasteiger partial charge < -0.3 is 20.1 Å². The van der Waals surface area contributed by atoms with Crippen LogP contribution in [0.4, 0.5) is 27.6 Å². The maximum atomic E-state index is 14.7. The summed E-state index contributed by atoms with van der Waals surface area (Å²) in [5, 5.41) is 11.3. The minimum Gasteiger partial charge on any atom is -0.484 e. The first-order valence-corrected chi connectivity index (χ1v) is 15.2. The Balaban J connectivity index is 1.95. The van der Waals surface area contributed by atoms with E-state index in [1.54, 1.807) is 19.6 Å². The van der Waals surface area contributed by atoms with Crippen molar-refractivity contribution in [2.45, 2.75) is 51.1 Å². The van der Waals surface area contributed by atoms with Crippen molar-refractivity contribution in [2.75, 3.05) is 18.5 Å². The lowest BCUT2D eigenvalue weighted by molar-refractivity contribution is -0.153. The lowest BCUT2D eigenvalue weighted by atomic mass is 9.91. The normalized spacial score (nSPS) is 15.6. The maximum absolute atomic E-state index is 14.7. The first-order valence-electron chi connectivity index (χ1n) is 11.7. The summed E-state index contributed by atoms with van der Waals surface area (Å²) in [5.74, 6) is -4.39. The molecule has 2 aromatic carbocycles. The van der Waals surface area contributed by atoms with Crippen LogP contribution in [0.2, 0.25) is 19.6 Å². The van der Waals surface area contributed by atoms with Gasteiger partial charge >= 0.3 is 12.1 Å². The zero-order valence-electron chi connectivity index (χ0n) is 20.9. The molecule has 0 saturated carbocycles. The van der Waals surface area contributed by atoms with E-state index in [1.807, 2.05) is 0 Å². The number of hydrogen-bond acceptors (Lipinski definition) is 4. The lowest BCUT2D eigenvalue weighted by Crippen LogP contribution is -2.45. The van der Waals surface area contributed by atoms with E-state index < -0.39 is 69.2 Å². The van der Waals surface area contributed by atoms with Crippen molar-refractivity contribution in [3.05, 3.63) is 53.1 Å². The molecule has 0 saturated heterocycles. The fourth-order valence-corrected chi connectivity index (χ4v) is 5.92. The van der Waals surface area contributed by atoms with E-state index in [9.17, 15) is 36.3 Å². The average molecular weight is 559 g/mol. The lowest BCUT2D eigenvalue weighted by Gasteiger charge is -2.36. The van der Waals surface area contributed by atoms with Crippen LogP contribution < -0.4 is 15.2 Å². The van der Waals surface area contributed by atoms with Gasteiger partial charge in [-0.25, -0.2) is 8.78 Å². The zero-order valence-corrected chi connectivity index (χ0v) is 21.9. The quantitative estimate of drug-likeness (QED) is 0.371. The highest BCUT2D eigenvalue weighted by Gasteiger charge is 2.37. The van der Waals surface area contributed by atoms with Crippen molar-refractivity contribution in [2.24, 2.45) is 0 Å². The Morgan fingerprint density at radius 3 is 2.26 bits per heavy atom. The number of halogens is 5. The molecule has 7 nitrogen and oxygen atoms in total. The number of carboxylic acid groups (broad SMARTS) is 1. The summed E-state index contributed by atoms with van der Waals surface area (Å²) in [6, 6.07) is 4.56. The smallest absolute Gasteiger partial charge is 0.422 e. The summed E-state index contributed by atoms with van der Waals surface area (Å²) >= 11 is 0. The molecule has 0 spiro atoms. The molecule has 0 aliphatic carbocycles. The predicted octanol–water partition coefficient (Wildman–Crippen LogP) is 4.38. The van der Waals surface area contributed by atoms with Crippen molar-refractivity contribution < 1.29 is 46.2 Å². The number of amides is 2. The van der Waals surface area contributed by atoms with Gasteiger partial charge in [0.25, 0.3) is 5.91 Å². The van der Waals surface area contributed by atoms with E-state index in [4.69, 9.17) is 9.84 Å². The molecule has 38 heavy (non-hydrogen) atoms. The molecule has 0 fully saturated rings. The number of carbonyl (C=O) groups is 3. The summed E-state index contributed by atoms with van der Waals surface area (Å²) in [4.78, 5) is 38.3. The van der Waals surface area contributed by atoms with Gasteiger partial charge in [-0.3, -0.25) is 14.4 Å². The molecule has 0 radical (unpaired) electrons. The molecule has 13 heteroatoms. The Morgan fingerprint density at radius 2 is 1.71 bits per heavy atom. The highest BCUT2D eigenvalue weighted by molar-refractivity contribution is 6.88. The van der Waals surface area contributed by atoms with E-state index in [0.29, 0.717) is 5.56 Å². The van der Waals surface area contributed by atoms with Crippen LogP contribution in [0.5, 0.6) is 5.75 Å². The number of fused-ring (bicyclic) bond motifs is 1. The summed E-state index contributed by atoms with van der Waals surface area (Å²) in [6.45, 7) is 3.74. The zero-order chi connectivity index (χ0) is 28.4. The van der Waals surface area contributed by atoms with Gasteiger partial charge in [-0.15, -0.1) is 0 Å². The van der Waals surface area contributed by atoms with Crippen molar-refractivity contribution in [1.29, 1.82) is 0 Å². The molecular formula is C25H27F5N2O5Si. The van der Waals surface area contributed by atoms with Crippen LogP contribution in [0.3, 0.4) is 0 Å². The molecule has 1 unspecified atom stereocenters. The molecule has 1 heterocycles. The second kappa shape index (κ2) is 11.1. The fourth-order valence-electron chi connectivity index (χ4n) is 4.34. The number of rotatable bonds is 8. The van der Waals surface area contributed by atoms with E-state index >= 15 is 0 Å². The van der Waals surface area contributed by atoms with Crippen LogP contribution in [0, 0.1) is 11.6 Å². The molecule has 2 N–H and O–H groups in total. The molecule has 206 valence electrons. The average Bonchev–Trinajstić information content (AvgIpc) is 2.78. The van der Waals surface area contributed by atoms with Gasteiger partial charge in [-0.05, 0) is 41.8 Å². The molecule has 1 atom stereocenters. The molecule has 2 aromatic rings. The first kappa shape index (κ1) is 29.1. The third kappa shape index (κ3) is 7.09. The highest BCUT2D eigenvalue weighted by Crippen LogP contribution is 2.34. The van der Waals surface area contributed by atoms with Gasteiger partial charge in [-0.2, -0.15) is 13.2 Å². The third-order valence-corrected chi connectivity index (χ3v) is 7.90. The Bertz CT molecular complexity index is 1220. The monoisotopic (exact) mass is 558 g/mol. The van der Waals surface area contributed by atoms with Gasteiger partial charge in [0.2, 0.25) is 5.91 Å². The second-order valence-corrected chi connectivity index (χ2v) is 15.0. The number of carboxylic acids is 1. The molecule has 3 rings (SSSR count). The van der Waals surface area contributed by atoms with Crippen LogP contribution >= 0.6 is 0 Å². The van der Waals surface area contributed by atoms with Gasteiger partial charge in [0, 0.05) is 23.8 Å². The molecule has 0 bridgehead atoms. The molecule has 2 amide bonds. The number of anilines is 1. The Hall–Kier alpha value is -3.48. The number of carbonyl (C=O) groups excluding carboxylic acids is 2. The third-order valence-electron chi connectivity index (χ3n) is 5.93. The van der Waals surface area contributed by atoms with Gasteiger partial charge in [0.05, 0.1) is 14.5 Å². The second-order valence-electron chi connectivity index (χ2n) is 9.95. The molecule has 0 aromatic heterocycles. The number of aliphatic carboxylic acids is 1. The number of nitrogens with zero attached hydrogens (tertiary/aromatic N) is 1. The van der Waals surface area contributed by atoms with E-state index in [0.717, 1.165) is 17.0 Å². The maximum Gasteiger partial charge on any atom is 0.422 e. The summed E-state index contributed by atoms with van der Waals surface area (Å²) in [6.07, 6.45) is -5.26. The van der Waals surface area contributed by atoms with Crippen LogP contribution in [0.15, 0.2) is 30.3 Å². The summed E-state index contributed by atoms with van der Waals surface area (Å²) < 4.78 is 71.9. The van der Waals surface area contributed by atoms with Crippen molar-refractivity contribution >= 4 is 36.7 Å². The number of hydrogen-bond donors (Lipinski definition) is 2. The van der Waals surface area contributed by atoms with Crippen LogP contribution in [-0.4, -0.2) is 55.2 Å². The SMILES string of the molecule is C[Si](C)(C)c1c(F)cc(NC(=O)C2c3ccc(OCC(F)(F)F)cc3CCN2C(=O)CCC(=O)O)cc1F. The van der Waals surface area contributed by atoms with E-state index in [2.05, 4.69) is 5.32 Å². The number of benzene rings is 2. The van der Waals surface area contributed by atoms with Crippen LogP contribution in [0.1, 0.15) is 30.0 Å². The molecular weight excluding hydrogens is 531 g/mol. The largest absolute Gasteiger partial charge is 0.484 e. The Kier molecular flexibility index (Phi) is 8.49. The highest BCUT2D eigenvalue weighted by atomic mass is 28.3. The summed E-state index contributed by atoms with van der Waals surface area (Å²) in [7, 11) is -2.38. The molecule has 1 aliphatic rings. The minimum atomic E-state index is -4.55. The van der Waals surface area contributed by atoms with E-state index in [1.165, 1.54) is 18.2 Å². The Labute approximate surface area is 216 Å². The van der Waals surface area contributed by atoms with Gasteiger partial charge in [-0.1, -0.05) is 25.7 Å². The van der Waals surface area contributed by atoms with Gasteiger partial charge in [0.15, 0.2) is 6.61 Å². The topological polar surface area (TPSA) is 95.9 Å². The number of alkyl halides is 3. The Morgan fingerprint density at radius 1 is 1.08 bits per heavy atom. The fraction of sp³-hybridized carbons (Fsp3) is 0.400. The summed E-state index contributed by atoms with van der Waals surface area (Å²) in [5.41, 5.74) is 0.539. The van der Waals surface area contributed by atoms with Crippen molar-refractivity contribution in [3.63, 3.8) is 0 Å². The molecule has 1 aliphatic heterocycles. The van der Waals surface area contributed by atoms with Crippen molar-refractivity contribution in [3.8, 4) is 5.75 Å². The number of nitrogens with one attached hydrogen (secondary N) is 1. The van der Waals surface area contributed by atoms with Crippen LogP contribution in [-0.2, 0) is 20.8 Å². The van der Waals surface area contributed by atoms with Crippen LogP contribution in [0.25, 0.3) is 0 Å². The predicted molar refractivity (Wildman–Crippen MR) is 131 cm³/mol. The minimum absolute atomic E-state index is 0.0321.